The lowest BCUT2D eigenvalue weighted by atomic mass is 10.3. The van der Waals surface area contributed by atoms with E-state index in [2.05, 4.69) is 4.98 Å². The molecule has 0 unspecified atom stereocenters. The molecule has 102 valence electrons. The summed E-state index contributed by atoms with van der Waals surface area (Å²) in [4.78, 5) is 14.3. The van der Waals surface area contributed by atoms with Crippen molar-refractivity contribution >= 4 is 12.2 Å². The molecule has 0 saturated heterocycles. The van der Waals surface area contributed by atoms with Crippen LogP contribution in [0.4, 0.5) is 0 Å². The minimum Gasteiger partial charge on any atom is -0.496 e. The predicted octanol–water partition coefficient (Wildman–Crippen LogP) is 3.26. The van der Waals surface area contributed by atoms with E-state index in [-0.39, 0.29) is 0 Å². The molecule has 1 N–H and O–H groups in total. The number of nitrogens with one attached hydrogen (secondary N) is 1. The maximum Gasteiger partial charge on any atom is 0.339 e. The fraction of sp³-hybridized carbons (Fsp3) is 0.0625. The van der Waals surface area contributed by atoms with Gasteiger partial charge in [0.25, 0.3) is 0 Å². The van der Waals surface area contributed by atoms with E-state index in [0.29, 0.717) is 11.5 Å². The molecule has 0 saturated carbocycles. The van der Waals surface area contributed by atoms with Gasteiger partial charge in [-0.1, -0.05) is 24.3 Å². The highest BCUT2D eigenvalue weighted by atomic mass is 16.5. The van der Waals surface area contributed by atoms with Crippen LogP contribution in [0.15, 0.2) is 64.0 Å². The Morgan fingerprint density at radius 2 is 1.95 bits per heavy atom. The van der Waals surface area contributed by atoms with E-state index < -0.39 is 5.63 Å². The summed E-state index contributed by atoms with van der Waals surface area (Å²) in [6.45, 7) is 0. The first-order chi connectivity index (χ1) is 9.78. The number of rotatable bonds is 5. The zero-order valence-electron chi connectivity index (χ0n) is 11.1. The van der Waals surface area contributed by atoms with Crippen LogP contribution in [-0.2, 0) is 0 Å². The average molecular weight is 269 g/mol. The lowest BCUT2D eigenvalue weighted by Crippen LogP contribution is -1.98. The summed E-state index contributed by atoms with van der Waals surface area (Å²) < 4.78 is 10.0. The summed E-state index contributed by atoms with van der Waals surface area (Å²) in [5.41, 5.74) is 0.608. The second-order valence-corrected chi connectivity index (χ2v) is 3.95. The van der Waals surface area contributed by atoms with Crippen LogP contribution in [0.5, 0.6) is 5.75 Å². The average Bonchev–Trinajstić information content (AvgIpc) is 2.95. The summed E-state index contributed by atoms with van der Waals surface area (Å²) in [5, 5.41) is 0. The van der Waals surface area contributed by atoms with Gasteiger partial charge in [0, 0.05) is 18.0 Å². The summed E-state index contributed by atoms with van der Waals surface area (Å²) in [7, 11) is 1.51. The Kier molecular flexibility index (Phi) is 4.78. The van der Waals surface area contributed by atoms with Gasteiger partial charge in [-0.25, -0.2) is 4.79 Å². The number of aromatic nitrogens is 1. The molecule has 0 aliphatic rings. The molecule has 0 radical (unpaired) electrons. The molecule has 20 heavy (non-hydrogen) atoms. The van der Waals surface area contributed by atoms with E-state index >= 15 is 0 Å². The molecule has 4 heteroatoms. The van der Waals surface area contributed by atoms with Gasteiger partial charge in [0.1, 0.15) is 11.5 Å². The summed E-state index contributed by atoms with van der Waals surface area (Å²) in [5.74, 6) is 0.934. The molecule has 2 aromatic heterocycles. The molecule has 0 atom stereocenters. The van der Waals surface area contributed by atoms with Gasteiger partial charge in [-0.05, 0) is 24.3 Å². The molecule has 0 fully saturated rings. The van der Waals surface area contributed by atoms with Gasteiger partial charge < -0.3 is 14.1 Å². The fourth-order valence-electron chi connectivity index (χ4n) is 1.56. The number of hydrogen-bond acceptors (Lipinski definition) is 3. The van der Waals surface area contributed by atoms with Crippen molar-refractivity contribution in [3.05, 3.63) is 76.6 Å². The normalized spacial score (nSPS) is 11.8. The molecule has 0 aromatic carbocycles. The summed E-state index contributed by atoms with van der Waals surface area (Å²) in [6.07, 6.45) is 13.0. The van der Waals surface area contributed by atoms with Crippen LogP contribution in [0, 0.1) is 0 Å². The lowest BCUT2D eigenvalue weighted by molar-refractivity contribution is 0.400. The van der Waals surface area contributed by atoms with Crippen molar-refractivity contribution in [1.29, 1.82) is 0 Å². The second kappa shape index (κ2) is 6.99. The topological polar surface area (TPSA) is 55.2 Å². The van der Waals surface area contributed by atoms with Gasteiger partial charge in [-0.15, -0.1) is 0 Å². The zero-order chi connectivity index (χ0) is 14.2. The number of allylic oxidation sites excluding steroid dienone is 4. The molecule has 0 aliphatic heterocycles. The van der Waals surface area contributed by atoms with Gasteiger partial charge in [-0.2, -0.15) is 0 Å². The third-order valence-corrected chi connectivity index (χ3v) is 2.49. The molecule has 2 heterocycles. The predicted molar refractivity (Wildman–Crippen MR) is 79.5 cm³/mol. The second-order valence-electron chi connectivity index (χ2n) is 3.95. The molecular weight excluding hydrogens is 254 g/mol. The summed E-state index contributed by atoms with van der Waals surface area (Å²) >= 11 is 0. The standard InChI is InChI=1S/C16H15NO3/c1-19-15-11-14(20-16(18)12-15)9-5-3-2-4-7-13-8-6-10-17-13/h2-12,17H,1H3/b3-2+,7-4+,9-5+. The van der Waals surface area contributed by atoms with E-state index in [1.165, 1.54) is 13.2 Å². The highest BCUT2D eigenvalue weighted by Gasteiger charge is 1.97. The van der Waals surface area contributed by atoms with E-state index in [0.717, 1.165) is 5.69 Å². The van der Waals surface area contributed by atoms with Crippen molar-refractivity contribution in [1.82, 2.24) is 4.98 Å². The monoisotopic (exact) mass is 269 g/mol. The summed E-state index contributed by atoms with van der Waals surface area (Å²) in [6, 6.07) is 6.87. The van der Waals surface area contributed by atoms with E-state index in [9.17, 15) is 4.79 Å². The SMILES string of the molecule is COc1cc(/C=C/C=C/C=C/c2ccc[nH]2)oc(=O)c1. The van der Waals surface area contributed by atoms with Gasteiger partial charge in [-0.3, -0.25) is 0 Å². The van der Waals surface area contributed by atoms with Crippen LogP contribution in [-0.4, -0.2) is 12.1 Å². The van der Waals surface area contributed by atoms with E-state index in [1.54, 1.807) is 18.2 Å². The Balaban J connectivity index is 1.96. The van der Waals surface area contributed by atoms with Crippen LogP contribution >= 0.6 is 0 Å². The van der Waals surface area contributed by atoms with Crippen LogP contribution < -0.4 is 10.4 Å². The minimum atomic E-state index is -0.431. The minimum absolute atomic E-state index is 0.431. The highest BCUT2D eigenvalue weighted by molar-refractivity contribution is 5.49. The smallest absolute Gasteiger partial charge is 0.339 e. The number of aromatic amines is 1. The van der Waals surface area contributed by atoms with Crippen molar-refractivity contribution in [3.63, 3.8) is 0 Å². The molecule has 2 rings (SSSR count). The third-order valence-electron chi connectivity index (χ3n) is 2.49. The van der Waals surface area contributed by atoms with Crippen molar-refractivity contribution in [2.75, 3.05) is 7.11 Å². The largest absolute Gasteiger partial charge is 0.496 e. The number of hydrogen-bond donors (Lipinski definition) is 1. The molecular formula is C16H15NO3. The number of methoxy groups -OCH3 is 1. The van der Waals surface area contributed by atoms with E-state index in [1.807, 2.05) is 42.6 Å². The number of ether oxygens (including phenoxy) is 1. The van der Waals surface area contributed by atoms with Crippen molar-refractivity contribution in [3.8, 4) is 5.75 Å². The van der Waals surface area contributed by atoms with Gasteiger partial charge in [0.2, 0.25) is 0 Å². The molecule has 4 nitrogen and oxygen atoms in total. The van der Waals surface area contributed by atoms with Crippen LogP contribution in [0.1, 0.15) is 11.5 Å². The Morgan fingerprint density at radius 3 is 2.65 bits per heavy atom. The molecule has 0 bridgehead atoms. The molecule has 0 aliphatic carbocycles. The lowest BCUT2D eigenvalue weighted by Gasteiger charge is -1.97. The van der Waals surface area contributed by atoms with E-state index in [4.69, 9.17) is 9.15 Å². The zero-order valence-corrected chi connectivity index (χ0v) is 11.1. The van der Waals surface area contributed by atoms with Gasteiger partial charge in [0.15, 0.2) is 0 Å². The Bertz CT molecular complexity index is 676. The first-order valence-corrected chi connectivity index (χ1v) is 6.12. The molecule has 2 aromatic rings. The van der Waals surface area contributed by atoms with Crippen LogP contribution in [0.25, 0.3) is 12.2 Å². The van der Waals surface area contributed by atoms with Crippen LogP contribution in [0.2, 0.25) is 0 Å². The first kappa shape index (κ1) is 13.7. The highest BCUT2D eigenvalue weighted by Crippen LogP contribution is 2.10. The quantitative estimate of drug-likeness (QED) is 0.848. The number of H-pyrrole nitrogens is 1. The fourth-order valence-corrected chi connectivity index (χ4v) is 1.56. The van der Waals surface area contributed by atoms with Crippen molar-refractivity contribution < 1.29 is 9.15 Å². The Labute approximate surface area is 116 Å². The maximum atomic E-state index is 11.2. The van der Waals surface area contributed by atoms with Gasteiger partial charge in [0.05, 0.1) is 13.2 Å². The maximum absolute atomic E-state index is 11.2. The first-order valence-electron chi connectivity index (χ1n) is 6.12. The molecule has 0 amide bonds. The van der Waals surface area contributed by atoms with Gasteiger partial charge >= 0.3 is 5.63 Å². The Hall–Kier alpha value is -2.75. The third kappa shape index (κ3) is 4.17. The van der Waals surface area contributed by atoms with Crippen LogP contribution in [0.3, 0.4) is 0 Å². The Morgan fingerprint density at radius 1 is 1.15 bits per heavy atom. The van der Waals surface area contributed by atoms with Crippen molar-refractivity contribution in [2.45, 2.75) is 0 Å². The van der Waals surface area contributed by atoms with Crippen molar-refractivity contribution in [2.24, 2.45) is 0 Å². The molecule has 0 spiro atoms.